The zero-order valence-corrected chi connectivity index (χ0v) is 8.88. The van der Waals surface area contributed by atoms with Crippen LogP contribution in [-0.2, 0) is 0 Å². The van der Waals surface area contributed by atoms with E-state index in [0.717, 1.165) is 31.1 Å². The van der Waals surface area contributed by atoms with E-state index in [0.29, 0.717) is 6.04 Å². The summed E-state index contributed by atoms with van der Waals surface area (Å²) in [7, 11) is 0. The molecule has 0 spiro atoms. The monoisotopic (exact) mass is 194 g/mol. The number of nitrogens with zero attached hydrogens (tertiary/aromatic N) is 2. The first-order valence-electron chi connectivity index (χ1n) is 5.30. The van der Waals surface area contributed by atoms with Crippen LogP contribution in [0.2, 0.25) is 0 Å². The van der Waals surface area contributed by atoms with Gasteiger partial charge in [-0.25, -0.2) is 0 Å². The molecule has 0 aliphatic carbocycles. The van der Waals surface area contributed by atoms with E-state index in [2.05, 4.69) is 33.4 Å². The van der Waals surface area contributed by atoms with Crippen molar-refractivity contribution in [3.05, 3.63) is 11.8 Å². The lowest BCUT2D eigenvalue weighted by Gasteiger charge is -2.35. The van der Waals surface area contributed by atoms with Crippen LogP contribution in [0.25, 0.3) is 0 Å². The molecular weight excluding hydrogens is 176 g/mol. The largest absolute Gasteiger partial charge is 0.350 e. The molecule has 1 fully saturated rings. The predicted molar refractivity (Wildman–Crippen MR) is 57.6 cm³/mol. The molecule has 78 valence electrons. The van der Waals surface area contributed by atoms with E-state index in [-0.39, 0.29) is 0 Å². The summed E-state index contributed by atoms with van der Waals surface area (Å²) < 4.78 is 0. The number of aryl methyl sites for hydroxylation is 1. The molecule has 1 aliphatic heterocycles. The quantitative estimate of drug-likeness (QED) is 0.735. The lowest BCUT2D eigenvalue weighted by molar-refractivity contribution is 0.463. The van der Waals surface area contributed by atoms with Crippen molar-refractivity contribution in [2.24, 2.45) is 0 Å². The van der Waals surface area contributed by atoms with Crippen molar-refractivity contribution < 1.29 is 0 Å². The zero-order chi connectivity index (χ0) is 9.97. The molecule has 4 nitrogen and oxygen atoms in total. The van der Waals surface area contributed by atoms with Crippen LogP contribution < -0.4 is 10.2 Å². The van der Waals surface area contributed by atoms with Gasteiger partial charge < -0.3 is 10.2 Å². The van der Waals surface area contributed by atoms with Crippen LogP contribution in [0, 0.1) is 6.92 Å². The molecule has 2 rings (SSSR count). The Labute approximate surface area is 84.7 Å². The highest BCUT2D eigenvalue weighted by atomic mass is 15.3. The fourth-order valence-electron chi connectivity index (χ4n) is 1.98. The van der Waals surface area contributed by atoms with Crippen molar-refractivity contribution in [3.63, 3.8) is 0 Å². The third-order valence-corrected chi connectivity index (χ3v) is 2.81. The van der Waals surface area contributed by atoms with Crippen LogP contribution in [0.1, 0.15) is 19.0 Å². The lowest BCUT2D eigenvalue weighted by Crippen LogP contribution is -2.51. The number of hydrogen-bond donors (Lipinski definition) is 2. The van der Waals surface area contributed by atoms with Crippen LogP contribution in [0.5, 0.6) is 0 Å². The first kappa shape index (κ1) is 9.52. The molecule has 0 saturated carbocycles. The van der Waals surface area contributed by atoms with Gasteiger partial charge in [0.05, 0.1) is 0 Å². The third-order valence-electron chi connectivity index (χ3n) is 2.81. The smallest absolute Gasteiger partial charge is 0.150 e. The zero-order valence-electron chi connectivity index (χ0n) is 8.88. The second-order valence-corrected chi connectivity index (χ2v) is 3.87. The minimum Gasteiger partial charge on any atom is -0.350 e. The molecule has 0 amide bonds. The summed E-state index contributed by atoms with van der Waals surface area (Å²) in [5.74, 6) is 1.09. The minimum absolute atomic E-state index is 0.589. The van der Waals surface area contributed by atoms with Gasteiger partial charge in [-0.3, -0.25) is 5.10 Å². The van der Waals surface area contributed by atoms with Gasteiger partial charge in [0, 0.05) is 37.4 Å². The Bertz CT molecular complexity index is 294. The van der Waals surface area contributed by atoms with Crippen LogP contribution in [-0.4, -0.2) is 35.9 Å². The molecule has 1 saturated heterocycles. The molecule has 0 aromatic carbocycles. The van der Waals surface area contributed by atoms with Gasteiger partial charge in [0.15, 0.2) is 5.82 Å². The normalized spacial score (nSPS) is 22.7. The van der Waals surface area contributed by atoms with Crippen LogP contribution in [0.3, 0.4) is 0 Å². The van der Waals surface area contributed by atoms with Crippen LogP contribution >= 0.6 is 0 Å². The molecular formula is C10H18N4. The molecule has 1 atom stereocenters. The standard InChI is InChI=1S/C10H18N4/c1-3-9-7-11-4-5-14(9)10-6-8(2)12-13-10/h6,9,11H,3-5,7H2,1-2H3,(H,12,13). The highest BCUT2D eigenvalue weighted by Crippen LogP contribution is 2.17. The van der Waals surface area contributed by atoms with E-state index in [1.54, 1.807) is 0 Å². The Morgan fingerprint density at radius 3 is 3.14 bits per heavy atom. The first-order valence-corrected chi connectivity index (χ1v) is 5.30. The number of hydrogen-bond acceptors (Lipinski definition) is 3. The molecule has 1 unspecified atom stereocenters. The van der Waals surface area contributed by atoms with Crippen LogP contribution in [0.15, 0.2) is 6.07 Å². The molecule has 14 heavy (non-hydrogen) atoms. The molecule has 2 N–H and O–H groups in total. The summed E-state index contributed by atoms with van der Waals surface area (Å²) in [6.45, 7) is 7.46. The van der Waals surface area contributed by atoms with Crippen molar-refractivity contribution in [3.8, 4) is 0 Å². The van der Waals surface area contributed by atoms with Crippen molar-refractivity contribution in [1.82, 2.24) is 15.5 Å². The molecule has 0 bridgehead atoms. The average molecular weight is 194 g/mol. The maximum absolute atomic E-state index is 4.31. The molecule has 1 aliphatic rings. The van der Waals surface area contributed by atoms with Crippen LogP contribution in [0.4, 0.5) is 5.82 Å². The second kappa shape index (κ2) is 4.00. The van der Waals surface area contributed by atoms with Gasteiger partial charge >= 0.3 is 0 Å². The fourth-order valence-corrected chi connectivity index (χ4v) is 1.98. The Kier molecular flexibility index (Phi) is 2.72. The van der Waals surface area contributed by atoms with E-state index in [4.69, 9.17) is 0 Å². The number of nitrogens with one attached hydrogen (secondary N) is 2. The summed E-state index contributed by atoms with van der Waals surface area (Å²) in [5, 5.41) is 10.7. The molecule has 2 heterocycles. The van der Waals surface area contributed by atoms with Gasteiger partial charge in [-0.15, -0.1) is 0 Å². The summed E-state index contributed by atoms with van der Waals surface area (Å²) in [6.07, 6.45) is 1.17. The van der Waals surface area contributed by atoms with Crippen molar-refractivity contribution >= 4 is 5.82 Å². The Morgan fingerprint density at radius 1 is 1.64 bits per heavy atom. The summed E-state index contributed by atoms with van der Waals surface area (Å²) >= 11 is 0. The number of rotatable bonds is 2. The van der Waals surface area contributed by atoms with Gasteiger partial charge in [-0.2, -0.15) is 5.10 Å². The average Bonchev–Trinajstić information content (AvgIpc) is 2.65. The highest BCUT2D eigenvalue weighted by Gasteiger charge is 2.22. The van der Waals surface area contributed by atoms with Crippen molar-refractivity contribution in [1.29, 1.82) is 0 Å². The van der Waals surface area contributed by atoms with Gasteiger partial charge in [-0.1, -0.05) is 6.92 Å². The third kappa shape index (κ3) is 1.75. The topological polar surface area (TPSA) is 44.0 Å². The Morgan fingerprint density at radius 2 is 2.50 bits per heavy atom. The molecule has 1 aromatic heterocycles. The lowest BCUT2D eigenvalue weighted by atomic mass is 10.1. The number of aromatic nitrogens is 2. The Hall–Kier alpha value is -1.03. The van der Waals surface area contributed by atoms with Crippen molar-refractivity contribution in [2.45, 2.75) is 26.3 Å². The van der Waals surface area contributed by atoms with Gasteiger partial charge in [0.25, 0.3) is 0 Å². The fraction of sp³-hybridized carbons (Fsp3) is 0.700. The summed E-state index contributed by atoms with van der Waals surface area (Å²) in [5.41, 5.74) is 1.13. The number of H-pyrrole nitrogens is 1. The summed E-state index contributed by atoms with van der Waals surface area (Å²) in [6, 6.07) is 2.71. The molecule has 0 radical (unpaired) electrons. The van der Waals surface area contributed by atoms with Crippen molar-refractivity contribution in [2.75, 3.05) is 24.5 Å². The second-order valence-electron chi connectivity index (χ2n) is 3.87. The number of piperazine rings is 1. The summed E-state index contributed by atoms with van der Waals surface area (Å²) in [4.78, 5) is 2.39. The highest BCUT2D eigenvalue weighted by molar-refractivity contribution is 5.41. The Balaban J connectivity index is 2.14. The number of aromatic amines is 1. The van der Waals surface area contributed by atoms with E-state index in [1.807, 2.05) is 6.92 Å². The van der Waals surface area contributed by atoms with E-state index in [1.165, 1.54) is 6.42 Å². The molecule has 1 aromatic rings. The van der Waals surface area contributed by atoms with Gasteiger partial charge in [-0.05, 0) is 13.3 Å². The van der Waals surface area contributed by atoms with E-state index < -0.39 is 0 Å². The minimum atomic E-state index is 0.589. The van der Waals surface area contributed by atoms with E-state index >= 15 is 0 Å². The molecule has 4 heteroatoms. The maximum atomic E-state index is 4.31. The number of anilines is 1. The maximum Gasteiger partial charge on any atom is 0.150 e. The van der Waals surface area contributed by atoms with E-state index in [9.17, 15) is 0 Å². The van der Waals surface area contributed by atoms with Gasteiger partial charge in [0.2, 0.25) is 0 Å². The predicted octanol–water partition coefficient (Wildman–Crippen LogP) is 0.906. The van der Waals surface area contributed by atoms with Gasteiger partial charge in [0.1, 0.15) is 0 Å². The SMILES string of the molecule is CCC1CNCCN1c1cc(C)[nH]n1. The first-order chi connectivity index (χ1) is 6.81.